The van der Waals surface area contributed by atoms with Crippen LogP contribution in [0.15, 0.2) is 36.4 Å². The fourth-order valence-electron chi connectivity index (χ4n) is 4.06. The Morgan fingerprint density at radius 2 is 2.04 bits per heavy atom. The van der Waals surface area contributed by atoms with Gasteiger partial charge in [0, 0.05) is 42.3 Å². The second kappa shape index (κ2) is 5.70. The predicted octanol–water partition coefficient (Wildman–Crippen LogP) is 4.40. The van der Waals surface area contributed by atoms with Gasteiger partial charge >= 0.3 is 0 Å². The van der Waals surface area contributed by atoms with E-state index in [1.54, 1.807) is 0 Å². The van der Waals surface area contributed by atoms with Crippen LogP contribution in [0.5, 0.6) is 5.75 Å². The highest BCUT2D eigenvalue weighted by molar-refractivity contribution is 5.90. The van der Waals surface area contributed by atoms with Gasteiger partial charge in [-0.3, -0.25) is 9.48 Å². The van der Waals surface area contributed by atoms with Gasteiger partial charge in [-0.1, -0.05) is 24.3 Å². The molecule has 0 unspecified atom stereocenters. The van der Waals surface area contributed by atoms with E-state index in [1.807, 2.05) is 30.8 Å². The average molecular weight is 346 g/mol. The van der Waals surface area contributed by atoms with E-state index in [0.717, 1.165) is 22.4 Å². The largest absolute Gasteiger partial charge is 0.489 e. The zero-order valence-corrected chi connectivity index (χ0v) is 15.2. The monoisotopic (exact) mass is 346 g/mol. The molecule has 0 saturated heterocycles. The molecule has 1 aliphatic heterocycles. The molecule has 0 bridgehead atoms. The van der Waals surface area contributed by atoms with Crippen LogP contribution < -0.4 is 4.74 Å². The van der Waals surface area contributed by atoms with Crippen molar-refractivity contribution in [3.8, 4) is 16.9 Å². The summed E-state index contributed by atoms with van der Waals surface area (Å²) >= 11 is 0. The van der Waals surface area contributed by atoms with Crippen LogP contribution in [0.25, 0.3) is 22.0 Å². The zero-order valence-electron chi connectivity index (χ0n) is 15.2. The summed E-state index contributed by atoms with van der Waals surface area (Å²) in [6.07, 6.45) is 3.31. The van der Waals surface area contributed by atoms with E-state index in [-0.39, 0.29) is 11.9 Å². The number of ether oxygens (including phenoxy) is 1. The number of Topliss-reactive ketones (excluding diaryl/α,β-unsaturated/α-hetero) is 1. The number of hydrogen-bond donors (Lipinski definition) is 0. The van der Waals surface area contributed by atoms with Gasteiger partial charge in [-0.15, -0.1) is 0 Å². The van der Waals surface area contributed by atoms with E-state index in [1.165, 1.54) is 29.4 Å². The molecule has 2 aliphatic rings. The highest BCUT2D eigenvalue weighted by atomic mass is 16.5. The highest BCUT2D eigenvalue weighted by Gasteiger charge is 2.29. The van der Waals surface area contributed by atoms with Gasteiger partial charge in [-0.2, -0.15) is 5.10 Å². The third-order valence-corrected chi connectivity index (χ3v) is 5.47. The SMILES string of the molecule is C[C@@H]1CC(=O)Cc2cccc(-c3ccc4c(c3)c(C3CC3)nn4C)c2O1. The molecule has 2 heterocycles. The first-order chi connectivity index (χ1) is 12.6. The van der Waals surface area contributed by atoms with Crippen molar-refractivity contribution in [3.05, 3.63) is 47.7 Å². The Labute approximate surface area is 152 Å². The second-order valence-electron chi connectivity index (χ2n) is 7.66. The molecule has 0 spiro atoms. The lowest BCUT2D eigenvalue weighted by atomic mass is 9.97. The lowest BCUT2D eigenvalue weighted by Gasteiger charge is -2.16. The zero-order chi connectivity index (χ0) is 17.8. The van der Waals surface area contributed by atoms with Crippen molar-refractivity contribution < 1.29 is 9.53 Å². The minimum atomic E-state index is -0.0888. The smallest absolute Gasteiger partial charge is 0.141 e. The number of ketones is 1. The number of fused-ring (bicyclic) bond motifs is 2. The molecule has 0 amide bonds. The van der Waals surface area contributed by atoms with Crippen molar-refractivity contribution in [2.45, 2.75) is 44.6 Å². The number of carbonyl (C=O) groups excluding carboxylic acids is 1. The molecule has 1 fully saturated rings. The molecule has 1 atom stereocenters. The summed E-state index contributed by atoms with van der Waals surface area (Å²) in [5.74, 6) is 1.71. The van der Waals surface area contributed by atoms with Crippen molar-refractivity contribution in [2.75, 3.05) is 0 Å². The molecule has 1 aliphatic carbocycles. The number of hydrogen-bond acceptors (Lipinski definition) is 3. The first-order valence-corrected chi connectivity index (χ1v) is 9.37. The van der Waals surface area contributed by atoms with Crippen LogP contribution in [0.1, 0.15) is 43.4 Å². The number of rotatable bonds is 2. The third kappa shape index (κ3) is 2.52. The molecule has 5 rings (SSSR count). The van der Waals surface area contributed by atoms with Gasteiger partial charge in [0.1, 0.15) is 17.6 Å². The fraction of sp³-hybridized carbons (Fsp3) is 0.364. The maximum Gasteiger partial charge on any atom is 0.141 e. The third-order valence-electron chi connectivity index (χ3n) is 5.47. The van der Waals surface area contributed by atoms with Crippen LogP contribution in [0.2, 0.25) is 0 Å². The standard InChI is InChI=1S/C22H22N2O2/c1-13-10-17(25)11-16-4-3-5-18(22(16)26-13)15-8-9-20-19(12-15)21(14-6-7-14)23-24(20)2/h3-5,8-9,12-14H,6-7,10-11H2,1-2H3/t13-/m1/s1. The molecule has 4 heteroatoms. The summed E-state index contributed by atoms with van der Waals surface area (Å²) < 4.78 is 8.16. The number of benzene rings is 2. The van der Waals surface area contributed by atoms with Crippen molar-refractivity contribution in [1.82, 2.24) is 9.78 Å². The summed E-state index contributed by atoms with van der Waals surface area (Å²) in [5.41, 5.74) is 5.57. The Morgan fingerprint density at radius 1 is 1.19 bits per heavy atom. The molecular formula is C22H22N2O2. The first kappa shape index (κ1) is 15.6. The Morgan fingerprint density at radius 3 is 2.85 bits per heavy atom. The van der Waals surface area contributed by atoms with Gasteiger partial charge in [-0.05, 0) is 37.5 Å². The Bertz CT molecular complexity index is 1030. The molecule has 4 nitrogen and oxygen atoms in total. The van der Waals surface area contributed by atoms with E-state index in [2.05, 4.69) is 24.3 Å². The molecule has 2 aromatic carbocycles. The van der Waals surface area contributed by atoms with Crippen molar-refractivity contribution in [2.24, 2.45) is 7.05 Å². The molecule has 1 aromatic heterocycles. The Hall–Kier alpha value is -2.62. The topological polar surface area (TPSA) is 44.1 Å². The number of aromatic nitrogens is 2. The van der Waals surface area contributed by atoms with E-state index in [0.29, 0.717) is 18.8 Å². The van der Waals surface area contributed by atoms with E-state index in [4.69, 9.17) is 9.84 Å². The van der Waals surface area contributed by atoms with Crippen molar-refractivity contribution in [1.29, 1.82) is 0 Å². The summed E-state index contributed by atoms with van der Waals surface area (Å²) in [5, 5.41) is 5.99. The molecule has 132 valence electrons. The van der Waals surface area contributed by atoms with Crippen LogP contribution in [0, 0.1) is 0 Å². The van der Waals surface area contributed by atoms with Gasteiger partial charge in [0.2, 0.25) is 0 Å². The minimum absolute atomic E-state index is 0.0888. The molecule has 0 radical (unpaired) electrons. The lowest BCUT2D eigenvalue weighted by molar-refractivity contribution is -0.119. The number of carbonyl (C=O) groups is 1. The van der Waals surface area contributed by atoms with Crippen LogP contribution >= 0.6 is 0 Å². The number of nitrogens with zero attached hydrogens (tertiary/aromatic N) is 2. The maximum absolute atomic E-state index is 12.1. The van der Waals surface area contributed by atoms with Gasteiger partial charge < -0.3 is 4.74 Å². The van der Waals surface area contributed by atoms with Gasteiger partial charge in [0.05, 0.1) is 11.2 Å². The summed E-state index contributed by atoms with van der Waals surface area (Å²) in [6.45, 7) is 1.97. The van der Waals surface area contributed by atoms with Gasteiger partial charge in [0.15, 0.2) is 0 Å². The average Bonchev–Trinajstić information content (AvgIpc) is 3.41. The van der Waals surface area contributed by atoms with Crippen molar-refractivity contribution in [3.63, 3.8) is 0 Å². The van der Waals surface area contributed by atoms with E-state index in [9.17, 15) is 4.79 Å². The summed E-state index contributed by atoms with van der Waals surface area (Å²) in [6, 6.07) is 12.6. The highest BCUT2D eigenvalue weighted by Crippen LogP contribution is 2.44. The van der Waals surface area contributed by atoms with E-state index < -0.39 is 0 Å². The summed E-state index contributed by atoms with van der Waals surface area (Å²) in [4.78, 5) is 12.1. The summed E-state index contributed by atoms with van der Waals surface area (Å²) in [7, 11) is 2.01. The maximum atomic E-state index is 12.1. The quantitative estimate of drug-likeness (QED) is 0.691. The van der Waals surface area contributed by atoms with Crippen LogP contribution in [0.4, 0.5) is 0 Å². The lowest BCUT2D eigenvalue weighted by Crippen LogP contribution is -2.14. The normalized spacial score (nSPS) is 19.9. The molecule has 1 saturated carbocycles. The predicted molar refractivity (Wildman–Crippen MR) is 102 cm³/mol. The fourth-order valence-corrected chi connectivity index (χ4v) is 4.06. The van der Waals surface area contributed by atoms with E-state index >= 15 is 0 Å². The van der Waals surface area contributed by atoms with Crippen LogP contribution in [-0.2, 0) is 18.3 Å². The number of para-hydroxylation sites is 1. The van der Waals surface area contributed by atoms with Crippen LogP contribution in [-0.4, -0.2) is 21.7 Å². The van der Waals surface area contributed by atoms with Gasteiger partial charge in [0.25, 0.3) is 0 Å². The van der Waals surface area contributed by atoms with Crippen LogP contribution in [0.3, 0.4) is 0 Å². The Balaban J connectivity index is 1.68. The second-order valence-corrected chi connectivity index (χ2v) is 7.66. The van der Waals surface area contributed by atoms with Gasteiger partial charge in [-0.25, -0.2) is 0 Å². The Kier molecular flexibility index (Phi) is 3.42. The number of aryl methyl sites for hydroxylation is 1. The first-order valence-electron chi connectivity index (χ1n) is 9.37. The van der Waals surface area contributed by atoms with Crippen molar-refractivity contribution >= 4 is 16.7 Å². The minimum Gasteiger partial charge on any atom is -0.489 e. The molecular weight excluding hydrogens is 324 g/mol. The molecule has 0 N–H and O–H groups in total. The molecule has 26 heavy (non-hydrogen) atoms. The molecule has 3 aromatic rings.